The molecule has 0 amide bonds. The van der Waals surface area contributed by atoms with Crippen molar-refractivity contribution in [1.29, 1.82) is 5.26 Å². The number of sulfonamides is 1. The molecular formula is C9H16N2O2S. The van der Waals surface area contributed by atoms with E-state index in [2.05, 4.69) is 4.72 Å². The van der Waals surface area contributed by atoms with Crippen LogP contribution < -0.4 is 4.72 Å². The number of nitriles is 1. The maximum Gasteiger partial charge on any atom is 0.228 e. The van der Waals surface area contributed by atoms with Gasteiger partial charge < -0.3 is 0 Å². The monoisotopic (exact) mass is 216 g/mol. The van der Waals surface area contributed by atoms with Gasteiger partial charge in [0.1, 0.15) is 0 Å². The normalized spacial score (nSPS) is 21.2. The molecule has 0 saturated heterocycles. The van der Waals surface area contributed by atoms with Crippen LogP contribution in [0.25, 0.3) is 0 Å². The van der Waals surface area contributed by atoms with E-state index in [1.54, 1.807) is 13.0 Å². The molecule has 14 heavy (non-hydrogen) atoms. The molecule has 0 aromatic heterocycles. The van der Waals surface area contributed by atoms with Crippen molar-refractivity contribution in [2.24, 2.45) is 5.92 Å². The second-order valence-corrected chi connectivity index (χ2v) is 5.71. The third kappa shape index (κ3) is 2.69. The first kappa shape index (κ1) is 11.5. The highest BCUT2D eigenvalue weighted by Crippen LogP contribution is 2.32. The largest absolute Gasteiger partial charge is 0.228 e. The molecule has 1 N–H and O–H groups in total. The van der Waals surface area contributed by atoms with Crippen LogP contribution in [0.5, 0.6) is 0 Å². The summed E-state index contributed by atoms with van der Waals surface area (Å²) in [5, 5.41) is 7.75. The van der Waals surface area contributed by atoms with Gasteiger partial charge in [-0.1, -0.05) is 6.92 Å². The third-order valence-corrected chi connectivity index (χ3v) is 4.46. The van der Waals surface area contributed by atoms with Crippen molar-refractivity contribution < 1.29 is 8.42 Å². The Labute approximate surface area is 85.4 Å². The van der Waals surface area contributed by atoms with Gasteiger partial charge in [0.25, 0.3) is 0 Å². The molecule has 2 unspecified atom stereocenters. The van der Waals surface area contributed by atoms with Crippen molar-refractivity contribution in [2.75, 3.05) is 0 Å². The van der Waals surface area contributed by atoms with Gasteiger partial charge in [0, 0.05) is 6.04 Å². The summed E-state index contributed by atoms with van der Waals surface area (Å²) in [5.41, 5.74) is 0. The van der Waals surface area contributed by atoms with E-state index in [0.717, 1.165) is 12.8 Å². The average Bonchev–Trinajstić information content (AvgIpc) is 2.86. The predicted molar refractivity (Wildman–Crippen MR) is 53.9 cm³/mol. The minimum atomic E-state index is -3.44. The Morgan fingerprint density at radius 2 is 2.14 bits per heavy atom. The number of nitrogens with zero attached hydrogens (tertiary/aromatic N) is 1. The summed E-state index contributed by atoms with van der Waals surface area (Å²) in [7, 11) is -3.44. The van der Waals surface area contributed by atoms with Crippen LogP contribution in [0.1, 0.15) is 33.1 Å². The van der Waals surface area contributed by atoms with Crippen LogP contribution in [0.4, 0.5) is 0 Å². The second kappa shape index (κ2) is 4.28. The zero-order valence-corrected chi connectivity index (χ0v) is 9.34. The topological polar surface area (TPSA) is 70.0 Å². The van der Waals surface area contributed by atoms with Crippen molar-refractivity contribution in [3.05, 3.63) is 0 Å². The maximum atomic E-state index is 11.6. The molecule has 0 aliphatic heterocycles. The number of hydrogen-bond acceptors (Lipinski definition) is 3. The highest BCUT2D eigenvalue weighted by atomic mass is 32.2. The zero-order chi connectivity index (χ0) is 10.8. The Morgan fingerprint density at radius 1 is 1.57 bits per heavy atom. The Balaban J connectivity index is 2.60. The van der Waals surface area contributed by atoms with Gasteiger partial charge >= 0.3 is 0 Å². The fourth-order valence-corrected chi connectivity index (χ4v) is 2.87. The lowest BCUT2D eigenvalue weighted by molar-refractivity contribution is 0.531. The van der Waals surface area contributed by atoms with Crippen LogP contribution in [0.3, 0.4) is 0 Å². The van der Waals surface area contributed by atoms with E-state index in [4.69, 9.17) is 5.26 Å². The van der Waals surface area contributed by atoms with E-state index >= 15 is 0 Å². The molecule has 80 valence electrons. The smallest absolute Gasteiger partial charge is 0.211 e. The van der Waals surface area contributed by atoms with Gasteiger partial charge in [-0.2, -0.15) is 5.26 Å². The summed E-state index contributed by atoms with van der Waals surface area (Å²) in [5.74, 6) is 0.473. The molecular weight excluding hydrogens is 200 g/mol. The molecule has 5 heteroatoms. The van der Waals surface area contributed by atoms with E-state index in [1.807, 2.05) is 6.92 Å². The Bertz CT molecular complexity index is 327. The highest BCUT2D eigenvalue weighted by molar-refractivity contribution is 7.90. The predicted octanol–water partition coefficient (Wildman–Crippen LogP) is 1.01. The van der Waals surface area contributed by atoms with Crippen molar-refractivity contribution in [1.82, 2.24) is 4.72 Å². The minimum Gasteiger partial charge on any atom is -0.211 e. The van der Waals surface area contributed by atoms with Crippen molar-refractivity contribution in [3.63, 3.8) is 0 Å². The van der Waals surface area contributed by atoms with Crippen LogP contribution in [0.15, 0.2) is 0 Å². The molecule has 0 heterocycles. The molecule has 0 radical (unpaired) electrons. The summed E-state index contributed by atoms with van der Waals surface area (Å²) in [6, 6.07) is 1.78. The zero-order valence-electron chi connectivity index (χ0n) is 8.53. The SMILES string of the molecule is CCC(C#N)S(=O)(=O)NC(C)C1CC1. The van der Waals surface area contributed by atoms with Gasteiger partial charge in [0.15, 0.2) is 5.25 Å². The van der Waals surface area contributed by atoms with E-state index in [9.17, 15) is 8.42 Å². The molecule has 1 rings (SSSR count). The Kier molecular flexibility index (Phi) is 3.51. The van der Waals surface area contributed by atoms with Crippen molar-refractivity contribution >= 4 is 10.0 Å². The second-order valence-electron chi connectivity index (χ2n) is 3.81. The summed E-state index contributed by atoms with van der Waals surface area (Å²) in [6.07, 6.45) is 2.52. The summed E-state index contributed by atoms with van der Waals surface area (Å²) < 4.78 is 25.8. The first-order chi connectivity index (χ1) is 6.51. The maximum absolute atomic E-state index is 11.6. The molecule has 0 spiro atoms. The van der Waals surface area contributed by atoms with Crippen molar-refractivity contribution in [3.8, 4) is 6.07 Å². The lowest BCUT2D eigenvalue weighted by Crippen LogP contribution is -2.39. The van der Waals surface area contributed by atoms with Gasteiger partial charge in [-0.25, -0.2) is 13.1 Å². The molecule has 0 aromatic carbocycles. The number of nitrogens with one attached hydrogen (secondary N) is 1. The van der Waals surface area contributed by atoms with E-state index in [0.29, 0.717) is 12.3 Å². The molecule has 0 aromatic rings. The summed E-state index contributed by atoms with van der Waals surface area (Å²) >= 11 is 0. The molecule has 1 aliphatic carbocycles. The molecule has 4 nitrogen and oxygen atoms in total. The first-order valence-corrected chi connectivity index (χ1v) is 6.46. The van der Waals surface area contributed by atoms with E-state index in [1.165, 1.54) is 0 Å². The van der Waals surface area contributed by atoms with Crippen LogP contribution in [0, 0.1) is 17.2 Å². The third-order valence-electron chi connectivity index (χ3n) is 2.57. The van der Waals surface area contributed by atoms with Crippen LogP contribution in [-0.4, -0.2) is 19.7 Å². The number of hydrogen-bond donors (Lipinski definition) is 1. The standard InChI is InChI=1S/C9H16N2O2S/c1-3-9(6-10)14(12,13)11-7(2)8-4-5-8/h7-9,11H,3-5H2,1-2H3. The van der Waals surface area contributed by atoms with E-state index in [-0.39, 0.29) is 6.04 Å². The minimum absolute atomic E-state index is 0.0256. The van der Waals surface area contributed by atoms with Gasteiger partial charge in [0.2, 0.25) is 10.0 Å². The molecule has 1 fully saturated rings. The number of rotatable bonds is 5. The van der Waals surface area contributed by atoms with Gasteiger partial charge in [0.05, 0.1) is 6.07 Å². The van der Waals surface area contributed by atoms with Crippen LogP contribution in [0.2, 0.25) is 0 Å². The Morgan fingerprint density at radius 3 is 2.50 bits per heavy atom. The lowest BCUT2D eigenvalue weighted by atomic mass is 10.2. The lowest BCUT2D eigenvalue weighted by Gasteiger charge is -2.15. The molecule has 1 saturated carbocycles. The Hall–Kier alpha value is -0.600. The fraction of sp³-hybridized carbons (Fsp3) is 0.889. The van der Waals surface area contributed by atoms with Gasteiger partial charge in [-0.15, -0.1) is 0 Å². The first-order valence-electron chi connectivity index (χ1n) is 4.92. The van der Waals surface area contributed by atoms with Crippen molar-refractivity contribution in [2.45, 2.75) is 44.4 Å². The highest BCUT2D eigenvalue weighted by Gasteiger charge is 2.33. The van der Waals surface area contributed by atoms with Crippen LogP contribution >= 0.6 is 0 Å². The molecule has 1 aliphatic rings. The van der Waals surface area contributed by atoms with Crippen LogP contribution in [-0.2, 0) is 10.0 Å². The molecule has 0 bridgehead atoms. The van der Waals surface area contributed by atoms with E-state index < -0.39 is 15.3 Å². The average molecular weight is 216 g/mol. The quantitative estimate of drug-likeness (QED) is 0.745. The van der Waals surface area contributed by atoms with Gasteiger partial charge in [-0.3, -0.25) is 0 Å². The molecule has 2 atom stereocenters. The summed E-state index contributed by atoms with van der Waals surface area (Å²) in [4.78, 5) is 0. The summed E-state index contributed by atoms with van der Waals surface area (Å²) in [6.45, 7) is 3.56. The van der Waals surface area contributed by atoms with Gasteiger partial charge in [-0.05, 0) is 32.1 Å². The fourth-order valence-electron chi connectivity index (χ4n) is 1.41.